The minimum Gasteiger partial charge on any atom is -0.394 e. The molecule has 2 aromatic carbocycles. The molecule has 0 bridgehead atoms. The summed E-state index contributed by atoms with van der Waals surface area (Å²) in [5, 5.41) is 12.9. The Morgan fingerprint density at radius 2 is 1.78 bits per heavy atom. The average molecular weight is 306 g/mol. The summed E-state index contributed by atoms with van der Waals surface area (Å²) < 4.78 is 1.00. The van der Waals surface area contributed by atoms with Crippen molar-refractivity contribution in [3.63, 3.8) is 0 Å². The van der Waals surface area contributed by atoms with Gasteiger partial charge in [0.1, 0.15) is 0 Å². The lowest BCUT2D eigenvalue weighted by atomic mass is 10.1. The summed E-state index contributed by atoms with van der Waals surface area (Å²) in [6.45, 7) is 2.11. The summed E-state index contributed by atoms with van der Waals surface area (Å²) in [4.78, 5) is 0. The highest BCUT2D eigenvalue weighted by Gasteiger charge is 2.12. The third-order valence-electron chi connectivity index (χ3n) is 2.86. The molecule has 94 valence electrons. The summed E-state index contributed by atoms with van der Waals surface area (Å²) in [5.74, 6) is 0. The summed E-state index contributed by atoms with van der Waals surface area (Å²) in [7, 11) is 0. The maximum Gasteiger partial charge on any atom is 0.0755 e. The molecular formula is C15H16BrNO. The highest BCUT2D eigenvalue weighted by atomic mass is 79.9. The van der Waals surface area contributed by atoms with Crippen LogP contribution in [-0.4, -0.2) is 11.7 Å². The topological polar surface area (TPSA) is 32.3 Å². The number of hydrogen-bond donors (Lipinski definition) is 2. The van der Waals surface area contributed by atoms with Crippen molar-refractivity contribution in [3.8, 4) is 0 Å². The van der Waals surface area contributed by atoms with Gasteiger partial charge < -0.3 is 10.4 Å². The monoisotopic (exact) mass is 305 g/mol. The van der Waals surface area contributed by atoms with Gasteiger partial charge in [-0.05, 0) is 30.7 Å². The zero-order chi connectivity index (χ0) is 13.0. The predicted molar refractivity (Wildman–Crippen MR) is 78.8 cm³/mol. The van der Waals surface area contributed by atoms with Crippen LogP contribution in [-0.2, 0) is 0 Å². The molecule has 0 heterocycles. The van der Waals surface area contributed by atoms with Gasteiger partial charge in [0, 0.05) is 10.2 Å². The molecule has 2 N–H and O–H groups in total. The van der Waals surface area contributed by atoms with Gasteiger partial charge >= 0.3 is 0 Å². The molecule has 0 saturated carbocycles. The van der Waals surface area contributed by atoms with E-state index < -0.39 is 0 Å². The van der Waals surface area contributed by atoms with Crippen LogP contribution in [0.2, 0.25) is 0 Å². The molecule has 1 atom stereocenters. The van der Waals surface area contributed by atoms with Crippen LogP contribution in [0.25, 0.3) is 0 Å². The number of benzene rings is 2. The Balaban J connectivity index is 2.20. The Morgan fingerprint density at radius 1 is 1.11 bits per heavy atom. The molecule has 2 rings (SSSR count). The SMILES string of the molecule is Cc1ccc(NC(CO)c2ccccc2Br)cc1. The Kier molecular flexibility index (Phi) is 4.39. The minimum absolute atomic E-state index is 0.0521. The van der Waals surface area contributed by atoms with Crippen LogP contribution in [0.4, 0.5) is 5.69 Å². The predicted octanol–water partition coefficient (Wildman–Crippen LogP) is 3.90. The van der Waals surface area contributed by atoms with E-state index in [1.807, 2.05) is 36.4 Å². The Hall–Kier alpha value is -1.32. The fourth-order valence-corrected chi connectivity index (χ4v) is 2.39. The van der Waals surface area contributed by atoms with E-state index in [-0.39, 0.29) is 12.6 Å². The molecule has 18 heavy (non-hydrogen) atoms. The zero-order valence-corrected chi connectivity index (χ0v) is 11.8. The number of hydrogen-bond acceptors (Lipinski definition) is 2. The Bertz CT molecular complexity index is 510. The molecule has 3 heteroatoms. The first-order valence-corrected chi connectivity index (χ1v) is 6.68. The molecule has 0 aromatic heterocycles. The molecule has 0 saturated heterocycles. The number of aryl methyl sites for hydroxylation is 1. The van der Waals surface area contributed by atoms with Crippen molar-refractivity contribution in [2.45, 2.75) is 13.0 Å². The number of halogens is 1. The lowest BCUT2D eigenvalue weighted by Gasteiger charge is -2.19. The normalized spacial score (nSPS) is 12.2. The molecule has 1 unspecified atom stereocenters. The summed E-state index contributed by atoms with van der Waals surface area (Å²) in [6.07, 6.45) is 0. The van der Waals surface area contributed by atoms with Gasteiger partial charge in [0.25, 0.3) is 0 Å². The van der Waals surface area contributed by atoms with E-state index >= 15 is 0 Å². The maximum absolute atomic E-state index is 9.54. The van der Waals surface area contributed by atoms with Gasteiger partial charge in [-0.2, -0.15) is 0 Å². The van der Waals surface area contributed by atoms with E-state index in [4.69, 9.17) is 0 Å². The average Bonchev–Trinajstić information content (AvgIpc) is 2.39. The zero-order valence-electron chi connectivity index (χ0n) is 10.2. The minimum atomic E-state index is -0.108. The van der Waals surface area contributed by atoms with Crippen LogP contribution in [0, 0.1) is 6.92 Å². The summed E-state index contributed by atoms with van der Waals surface area (Å²) in [6, 6.07) is 16.0. The van der Waals surface area contributed by atoms with Gasteiger partial charge in [-0.25, -0.2) is 0 Å². The van der Waals surface area contributed by atoms with E-state index in [1.54, 1.807) is 0 Å². The van der Waals surface area contributed by atoms with Crippen LogP contribution in [0.5, 0.6) is 0 Å². The van der Waals surface area contributed by atoms with Crippen LogP contribution < -0.4 is 5.32 Å². The molecule has 0 radical (unpaired) electrons. The molecule has 0 fully saturated rings. The smallest absolute Gasteiger partial charge is 0.0755 e. The number of nitrogens with one attached hydrogen (secondary N) is 1. The van der Waals surface area contributed by atoms with Crippen LogP contribution >= 0.6 is 15.9 Å². The fourth-order valence-electron chi connectivity index (χ4n) is 1.83. The number of aliphatic hydroxyl groups is 1. The number of aliphatic hydroxyl groups excluding tert-OH is 1. The first-order chi connectivity index (χ1) is 8.70. The first-order valence-electron chi connectivity index (χ1n) is 5.89. The van der Waals surface area contributed by atoms with Crippen molar-refractivity contribution >= 4 is 21.6 Å². The molecular weight excluding hydrogens is 290 g/mol. The lowest BCUT2D eigenvalue weighted by molar-refractivity contribution is 0.276. The molecule has 0 aliphatic carbocycles. The van der Waals surface area contributed by atoms with Gasteiger partial charge in [0.15, 0.2) is 0 Å². The Morgan fingerprint density at radius 3 is 2.39 bits per heavy atom. The van der Waals surface area contributed by atoms with E-state index in [0.717, 1.165) is 15.7 Å². The van der Waals surface area contributed by atoms with Gasteiger partial charge in [0.05, 0.1) is 12.6 Å². The molecule has 0 amide bonds. The maximum atomic E-state index is 9.54. The van der Waals surface area contributed by atoms with Gasteiger partial charge in [0.2, 0.25) is 0 Å². The fraction of sp³-hybridized carbons (Fsp3) is 0.200. The highest BCUT2D eigenvalue weighted by Crippen LogP contribution is 2.26. The van der Waals surface area contributed by atoms with Crippen LogP contribution in [0.15, 0.2) is 53.0 Å². The lowest BCUT2D eigenvalue weighted by Crippen LogP contribution is -2.15. The Labute approximate surface area is 116 Å². The first kappa shape index (κ1) is 13.1. The van der Waals surface area contributed by atoms with Gasteiger partial charge in [-0.1, -0.05) is 51.8 Å². The molecule has 0 aliphatic rings. The van der Waals surface area contributed by atoms with Crippen LogP contribution in [0.3, 0.4) is 0 Å². The second kappa shape index (κ2) is 6.03. The van der Waals surface area contributed by atoms with Crippen molar-refractivity contribution in [2.24, 2.45) is 0 Å². The summed E-state index contributed by atoms with van der Waals surface area (Å²) in [5.41, 5.74) is 3.29. The second-order valence-corrected chi connectivity index (χ2v) is 5.12. The molecule has 2 nitrogen and oxygen atoms in total. The largest absolute Gasteiger partial charge is 0.394 e. The van der Waals surface area contributed by atoms with E-state index in [9.17, 15) is 5.11 Å². The summed E-state index contributed by atoms with van der Waals surface area (Å²) >= 11 is 3.51. The number of anilines is 1. The van der Waals surface area contributed by atoms with Gasteiger partial charge in [-0.3, -0.25) is 0 Å². The third kappa shape index (κ3) is 3.12. The van der Waals surface area contributed by atoms with Crippen molar-refractivity contribution in [3.05, 3.63) is 64.1 Å². The van der Waals surface area contributed by atoms with Crippen molar-refractivity contribution in [1.82, 2.24) is 0 Å². The molecule has 0 spiro atoms. The van der Waals surface area contributed by atoms with E-state index in [1.165, 1.54) is 5.56 Å². The van der Waals surface area contributed by atoms with Crippen LogP contribution in [0.1, 0.15) is 17.2 Å². The molecule has 2 aromatic rings. The quantitative estimate of drug-likeness (QED) is 0.898. The van der Waals surface area contributed by atoms with Gasteiger partial charge in [-0.15, -0.1) is 0 Å². The van der Waals surface area contributed by atoms with E-state index in [0.29, 0.717) is 0 Å². The standard InChI is InChI=1S/C15H16BrNO/c1-11-6-8-12(9-7-11)17-15(10-18)13-4-2-3-5-14(13)16/h2-9,15,17-18H,10H2,1H3. The number of rotatable bonds is 4. The van der Waals surface area contributed by atoms with Crippen molar-refractivity contribution in [1.29, 1.82) is 0 Å². The second-order valence-electron chi connectivity index (χ2n) is 4.27. The highest BCUT2D eigenvalue weighted by molar-refractivity contribution is 9.10. The van der Waals surface area contributed by atoms with Crippen molar-refractivity contribution in [2.75, 3.05) is 11.9 Å². The third-order valence-corrected chi connectivity index (χ3v) is 3.58. The molecule has 0 aliphatic heterocycles. The van der Waals surface area contributed by atoms with Crippen molar-refractivity contribution < 1.29 is 5.11 Å². The van der Waals surface area contributed by atoms with E-state index in [2.05, 4.69) is 40.3 Å².